The number of rotatable bonds is 5. The van der Waals surface area contributed by atoms with Gasteiger partial charge in [0.15, 0.2) is 0 Å². The highest BCUT2D eigenvalue weighted by atomic mass is 35.5. The van der Waals surface area contributed by atoms with Crippen LogP contribution in [0.15, 0.2) is 24.5 Å². The van der Waals surface area contributed by atoms with Crippen LogP contribution in [0.2, 0.25) is 0 Å². The highest BCUT2D eigenvalue weighted by Crippen LogP contribution is 2.20. The van der Waals surface area contributed by atoms with Gasteiger partial charge in [-0.3, -0.25) is 4.98 Å². The molecule has 0 saturated carbocycles. The second kappa shape index (κ2) is 6.68. The Labute approximate surface area is 119 Å². The summed E-state index contributed by atoms with van der Waals surface area (Å²) >= 11 is 5.84. The maximum atomic E-state index is 12.3. The molecule has 1 unspecified atom stereocenters. The first-order chi connectivity index (χ1) is 9.12. The summed E-state index contributed by atoms with van der Waals surface area (Å²) in [6, 6.07) is 3.71. The maximum Gasteiger partial charge on any atom is 0.214 e. The third kappa shape index (κ3) is 4.16. The lowest BCUT2D eigenvalue weighted by Gasteiger charge is -2.30. The number of piperidine rings is 1. The molecule has 0 spiro atoms. The van der Waals surface area contributed by atoms with Crippen LogP contribution in [0.25, 0.3) is 0 Å². The summed E-state index contributed by atoms with van der Waals surface area (Å²) in [4.78, 5) is 3.93. The number of aryl methyl sites for hydroxylation is 1. The van der Waals surface area contributed by atoms with Crippen LogP contribution in [0.1, 0.15) is 18.4 Å². The van der Waals surface area contributed by atoms with Crippen molar-refractivity contribution in [1.82, 2.24) is 9.29 Å². The van der Waals surface area contributed by atoms with Gasteiger partial charge in [-0.15, -0.1) is 11.6 Å². The molecule has 0 radical (unpaired) electrons. The number of sulfonamides is 1. The van der Waals surface area contributed by atoms with E-state index in [9.17, 15) is 8.42 Å². The van der Waals surface area contributed by atoms with E-state index in [1.165, 1.54) is 0 Å². The van der Waals surface area contributed by atoms with Crippen molar-refractivity contribution in [3.05, 3.63) is 30.1 Å². The van der Waals surface area contributed by atoms with Crippen LogP contribution in [0, 0.1) is 5.92 Å². The van der Waals surface area contributed by atoms with Gasteiger partial charge >= 0.3 is 0 Å². The van der Waals surface area contributed by atoms with Crippen LogP contribution in [0.4, 0.5) is 0 Å². The van der Waals surface area contributed by atoms with Gasteiger partial charge in [0.05, 0.1) is 5.75 Å². The van der Waals surface area contributed by atoms with Crippen molar-refractivity contribution < 1.29 is 8.42 Å². The average molecular weight is 303 g/mol. The Kier molecular flexibility index (Phi) is 5.19. The highest BCUT2D eigenvalue weighted by molar-refractivity contribution is 7.89. The van der Waals surface area contributed by atoms with Gasteiger partial charge in [-0.1, -0.05) is 0 Å². The van der Waals surface area contributed by atoms with Crippen LogP contribution < -0.4 is 0 Å². The molecule has 19 heavy (non-hydrogen) atoms. The molecule has 106 valence electrons. The highest BCUT2D eigenvalue weighted by Gasteiger charge is 2.28. The van der Waals surface area contributed by atoms with Gasteiger partial charge in [0.1, 0.15) is 0 Å². The molecule has 2 heterocycles. The molecule has 0 N–H and O–H groups in total. The molecule has 2 rings (SSSR count). The molecule has 0 amide bonds. The van der Waals surface area contributed by atoms with Crippen LogP contribution in [-0.4, -0.2) is 42.4 Å². The number of alkyl halides is 1. The summed E-state index contributed by atoms with van der Waals surface area (Å²) in [5, 5.41) is 0. The first-order valence-corrected chi connectivity index (χ1v) is 8.69. The summed E-state index contributed by atoms with van der Waals surface area (Å²) in [6.07, 6.45) is 5.84. The number of nitrogens with zero attached hydrogens (tertiary/aromatic N) is 2. The lowest BCUT2D eigenvalue weighted by atomic mass is 10.0. The van der Waals surface area contributed by atoms with E-state index in [2.05, 4.69) is 4.98 Å². The summed E-state index contributed by atoms with van der Waals surface area (Å²) in [5.74, 6) is 0.994. The Hall–Kier alpha value is -0.650. The molecule has 0 aliphatic carbocycles. The molecule has 1 aliphatic heterocycles. The lowest BCUT2D eigenvalue weighted by molar-refractivity contribution is 0.283. The minimum Gasteiger partial charge on any atom is -0.265 e. The molecule has 6 heteroatoms. The van der Waals surface area contributed by atoms with Gasteiger partial charge in [0.2, 0.25) is 10.0 Å². The zero-order valence-electron chi connectivity index (χ0n) is 10.8. The number of hydrogen-bond acceptors (Lipinski definition) is 3. The largest absolute Gasteiger partial charge is 0.265 e. The predicted octanol–water partition coefficient (Wildman–Crippen LogP) is 1.90. The fourth-order valence-corrected chi connectivity index (χ4v) is 4.18. The van der Waals surface area contributed by atoms with E-state index in [-0.39, 0.29) is 5.75 Å². The second-order valence-electron chi connectivity index (χ2n) is 4.94. The van der Waals surface area contributed by atoms with Crippen molar-refractivity contribution in [1.29, 1.82) is 0 Å². The summed E-state index contributed by atoms with van der Waals surface area (Å²) in [5.41, 5.74) is 1.00. The fourth-order valence-electron chi connectivity index (χ4n) is 2.33. The van der Waals surface area contributed by atoms with Gasteiger partial charge in [-0.25, -0.2) is 12.7 Å². The number of aromatic nitrogens is 1. The van der Waals surface area contributed by atoms with Gasteiger partial charge in [0.25, 0.3) is 0 Å². The van der Waals surface area contributed by atoms with E-state index in [4.69, 9.17) is 11.6 Å². The quantitative estimate of drug-likeness (QED) is 0.781. The Morgan fingerprint density at radius 2 is 2.11 bits per heavy atom. The van der Waals surface area contributed by atoms with E-state index >= 15 is 0 Å². The standard InChI is InChI=1S/C13H19ClN2O2S/c14-10-13-2-1-8-16(11-13)19(17,18)9-5-12-3-6-15-7-4-12/h3-4,6-7,13H,1-2,5,8-11H2. The van der Waals surface area contributed by atoms with Crippen molar-refractivity contribution in [2.75, 3.05) is 24.7 Å². The average Bonchev–Trinajstić information content (AvgIpc) is 2.46. The van der Waals surface area contributed by atoms with Crippen molar-refractivity contribution in [2.24, 2.45) is 5.92 Å². The van der Waals surface area contributed by atoms with Gasteiger partial charge in [-0.2, -0.15) is 0 Å². The van der Waals surface area contributed by atoms with Crippen molar-refractivity contribution in [2.45, 2.75) is 19.3 Å². The maximum absolute atomic E-state index is 12.3. The minimum absolute atomic E-state index is 0.159. The second-order valence-corrected chi connectivity index (χ2v) is 7.34. The smallest absolute Gasteiger partial charge is 0.214 e. The van der Waals surface area contributed by atoms with E-state index < -0.39 is 10.0 Å². The summed E-state index contributed by atoms with van der Waals surface area (Å²) in [7, 11) is -3.17. The molecule has 1 aliphatic rings. The van der Waals surface area contributed by atoms with Crippen LogP contribution in [-0.2, 0) is 16.4 Å². The zero-order valence-corrected chi connectivity index (χ0v) is 12.4. The molecule has 4 nitrogen and oxygen atoms in total. The van der Waals surface area contributed by atoms with Gasteiger partial charge < -0.3 is 0 Å². The third-order valence-corrected chi connectivity index (χ3v) is 5.77. The molecule has 0 aromatic carbocycles. The first kappa shape index (κ1) is 14.8. The Morgan fingerprint density at radius 1 is 1.37 bits per heavy atom. The molecule has 1 fully saturated rings. The van der Waals surface area contributed by atoms with Crippen LogP contribution >= 0.6 is 11.6 Å². The predicted molar refractivity (Wildman–Crippen MR) is 76.7 cm³/mol. The number of halogens is 1. The van der Waals surface area contributed by atoms with E-state index in [1.807, 2.05) is 12.1 Å². The number of pyridine rings is 1. The van der Waals surface area contributed by atoms with Crippen LogP contribution in [0.5, 0.6) is 0 Å². The Balaban J connectivity index is 1.94. The van der Waals surface area contributed by atoms with Crippen LogP contribution in [0.3, 0.4) is 0 Å². The summed E-state index contributed by atoms with van der Waals surface area (Å²) < 4.78 is 26.2. The Morgan fingerprint density at radius 3 is 2.79 bits per heavy atom. The van der Waals surface area contributed by atoms with E-state index in [1.54, 1.807) is 16.7 Å². The molecule has 1 saturated heterocycles. The monoisotopic (exact) mass is 302 g/mol. The topological polar surface area (TPSA) is 50.3 Å². The molecular weight excluding hydrogens is 284 g/mol. The zero-order chi connectivity index (χ0) is 13.7. The van der Waals surface area contributed by atoms with Crippen molar-refractivity contribution in [3.8, 4) is 0 Å². The Bertz CT molecular complexity index is 493. The molecule has 1 aromatic heterocycles. The normalized spacial score (nSPS) is 21.4. The van der Waals surface area contributed by atoms with E-state index in [0.29, 0.717) is 31.3 Å². The minimum atomic E-state index is -3.17. The fraction of sp³-hybridized carbons (Fsp3) is 0.615. The van der Waals surface area contributed by atoms with Gasteiger partial charge in [-0.05, 0) is 42.9 Å². The molecule has 0 bridgehead atoms. The molecular formula is C13H19ClN2O2S. The van der Waals surface area contributed by atoms with Crippen molar-refractivity contribution in [3.63, 3.8) is 0 Å². The van der Waals surface area contributed by atoms with Gasteiger partial charge in [0, 0.05) is 31.4 Å². The molecule has 1 atom stereocenters. The first-order valence-electron chi connectivity index (χ1n) is 6.54. The SMILES string of the molecule is O=S(=O)(CCc1ccncc1)N1CCCC(CCl)C1. The summed E-state index contributed by atoms with van der Waals surface area (Å²) in [6.45, 7) is 1.20. The lowest BCUT2D eigenvalue weighted by Crippen LogP contribution is -2.41. The third-order valence-electron chi connectivity index (χ3n) is 3.49. The molecule has 1 aromatic rings. The number of hydrogen-bond donors (Lipinski definition) is 0. The van der Waals surface area contributed by atoms with Crippen molar-refractivity contribution >= 4 is 21.6 Å². The van der Waals surface area contributed by atoms with E-state index in [0.717, 1.165) is 18.4 Å².